The summed E-state index contributed by atoms with van der Waals surface area (Å²) in [6.07, 6.45) is 5.12. The van der Waals surface area contributed by atoms with Crippen LogP contribution in [0.1, 0.15) is 39.5 Å². The Hall–Kier alpha value is -1.30. The molecule has 0 bridgehead atoms. The first-order chi connectivity index (χ1) is 9.52. The van der Waals surface area contributed by atoms with Gasteiger partial charge in [0.25, 0.3) is 5.56 Å². The zero-order valence-corrected chi connectivity index (χ0v) is 12.9. The molecular weight excluding hydrogens is 276 g/mol. The van der Waals surface area contributed by atoms with E-state index in [-0.39, 0.29) is 22.3 Å². The number of hydrogen-bond acceptors (Lipinski definition) is 4. The Morgan fingerprint density at radius 1 is 1.25 bits per heavy atom. The average molecular weight is 298 g/mol. The number of H-pyrrole nitrogens is 1. The number of hydrogen-bond donors (Lipinski definition) is 1. The van der Waals surface area contributed by atoms with Crippen molar-refractivity contribution in [1.29, 1.82) is 0 Å². The van der Waals surface area contributed by atoms with Crippen molar-refractivity contribution in [3.05, 3.63) is 33.1 Å². The maximum Gasteiger partial charge on any atom is 0.328 e. The number of rotatable bonds is 8. The first kappa shape index (κ1) is 16.8. The van der Waals surface area contributed by atoms with E-state index in [1.54, 1.807) is 0 Å². The molecule has 1 heterocycles. The van der Waals surface area contributed by atoms with Gasteiger partial charge in [-0.2, -0.15) is 0 Å². The van der Waals surface area contributed by atoms with Crippen molar-refractivity contribution in [2.24, 2.45) is 5.92 Å². The number of aromatic nitrogens is 2. The molecule has 0 spiro atoms. The Morgan fingerprint density at radius 3 is 2.60 bits per heavy atom. The molecule has 0 saturated heterocycles. The van der Waals surface area contributed by atoms with E-state index in [1.165, 1.54) is 28.6 Å². The summed E-state index contributed by atoms with van der Waals surface area (Å²) in [6, 6.07) is 1.36. The molecule has 0 atom stereocenters. The molecule has 6 heteroatoms. The number of unbranched alkanes of at least 4 members (excludes halogenated alkanes) is 3. The molecule has 20 heavy (non-hydrogen) atoms. The van der Waals surface area contributed by atoms with Crippen molar-refractivity contribution in [2.45, 2.75) is 46.1 Å². The van der Waals surface area contributed by atoms with E-state index in [0.29, 0.717) is 6.54 Å². The van der Waals surface area contributed by atoms with Crippen LogP contribution in [0.4, 0.5) is 0 Å². The van der Waals surface area contributed by atoms with Crippen LogP contribution in [-0.2, 0) is 11.3 Å². The minimum Gasteiger partial charge on any atom is -0.314 e. The van der Waals surface area contributed by atoms with Crippen LogP contribution in [0, 0.1) is 5.92 Å². The Labute approximate surface area is 122 Å². The van der Waals surface area contributed by atoms with Gasteiger partial charge in [-0.3, -0.25) is 14.2 Å². The lowest BCUT2D eigenvalue weighted by Gasteiger charge is -2.05. The zero-order chi connectivity index (χ0) is 15.0. The predicted molar refractivity (Wildman–Crippen MR) is 82.1 cm³/mol. The highest BCUT2D eigenvalue weighted by Gasteiger charge is 2.06. The molecule has 5 nitrogen and oxygen atoms in total. The van der Waals surface area contributed by atoms with Gasteiger partial charge in [0, 0.05) is 30.5 Å². The highest BCUT2D eigenvalue weighted by molar-refractivity contribution is 8.13. The number of carbonyl (C=O) groups is 1. The van der Waals surface area contributed by atoms with Gasteiger partial charge in [0.1, 0.15) is 0 Å². The van der Waals surface area contributed by atoms with E-state index < -0.39 is 0 Å². The normalized spacial score (nSPS) is 10.9. The van der Waals surface area contributed by atoms with Crippen molar-refractivity contribution < 1.29 is 4.79 Å². The fourth-order valence-corrected chi connectivity index (χ4v) is 2.61. The first-order valence-corrected chi connectivity index (χ1v) is 7.96. The number of nitrogens with zero attached hydrogens (tertiary/aromatic N) is 1. The number of nitrogens with one attached hydrogen (secondary N) is 1. The summed E-state index contributed by atoms with van der Waals surface area (Å²) in [4.78, 5) is 36.7. The third-order valence-corrected chi connectivity index (χ3v) is 4.18. The Bertz CT molecular complexity index is 505. The molecule has 1 rings (SSSR count). The van der Waals surface area contributed by atoms with Crippen LogP contribution in [0.15, 0.2) is 21.9 Å². The van der Waals surface area contributed by atoms with Gasteiger partial charge in [0.15, 0.2) is 5.12 Å². The molecule has 0 fully saturated rings. The lowest BCUT2D eigenvalue weighted by Crippen LogP contribution is -2.33. The summed E-state index contributed by atoms with van der Waals surface area (Å²) >= 11 is 1.39. The largest absolute Gasteiger partial charge is 0.328 e. The molecule has 0 aliphatic carbocycles. The van der Waals surface area contributed by atoms with Crippen LogP contribution >= 0.6 is 11.8 Å². The van der Waals surface area contributed by atoms with E-state index in [0.717, 1.165) is 31.4 Å². The lowest BCUT2D eigenvalue weighted by atomic mass is 10.2. The standard InChI is InChI=1S/C14H22N2O3S/c1-11(2)13(18)20-10-6-4-3-5-9-16-12(17)7-8-15-14(16)19/h7-8,11H,3-6,9-10H2,1-2H3,(H,15,19). The minimum atomic E-state index is -0.351. The molecule has 0 saturated carbocycles. The van der Waals surface area contributed by atoms with Crippen LogP contribution in [0.2, 0.25) is 0 Å². The molecule has 0 aromatic carbocycles. The van der Waals surface area contributed by atoms with Crippen molar-refractivity contribution >= 4 is 16.9 Å². The van der Waals surface area contributed by atoms with Gasteiger partial charge in [-0.25, -0.2) is 4.79 Å². The molecule has 0 aliphatic heterocycles. The summed E-state index contributed by atoms with van der Waals surface area (Å²) in [5.74, 6) is 0.944. The first-order valence-electron chi connectivity index (χ1n) is 6.97. The Kier molecular flexibility index (Phi) is 7.36. The summed E-state index contributed by atoms with van der Waals surface area (Å²) in [7, 11) is 0. The number of aromatic amines is 1. The quantitative estimate of drug-likeness (QED) is 0.745. The third-order valence-electron chi connectivity index (χ3n) is 2.94. The molecule has 0 aliphatic rings. The van der Waals surface area contributed by atoms with E-state index in [4.69, 9.17) is 0 Å². The minimum absolute atomic E-state index is 0.0941. The monoisotopic (exact) mass is 298 g/mol. The second-order valence-electron chi connectivity index (χ2n) is 5.01. The van der Waals surface area contributed by atoms with Gasteiger partial charge >= 0.3 is 5.69 Å². The smallest absolute Gasteiger partial charge is 0.314 e. The molecule has 1 aromatic heterocycles. The van der Waals surface area contributed by atoms with Crippen molar-refractivity contribution in [3.63, 3.8) is 0 Å². The highest BCUT2D eigenvalue weighted by atomic mass is 32.2. The second kappa shape index (κ2) is 8.79. The van der Waals surface area contributed by atoms with Gasteiger partial charge in [-0.15, -0.1) is 0 Å². The van der Waals surface area contributed by atoms with Crippen LogP contribution in [-0.4, -0.2) is 20.4 Å². The zero-order valence-electron chi connectivity index (χ0n) is 12.1. The van der Waals surface area contributed by atoms with Gasteiger partial charge in [0.05, 0.1) is 0 Å². The van der Waals surface area contributed by atoms with E-state index in [1.807, 2.05) is 13.8 Å². The van der Waals surface area contributed by atoms with Gasteiger partial charge in [-0.05, 0) is 12.8 Å². The molecule has 112 valence electrons. The fourth-order valence-electron chi connectivity index (χ4n) is 1.73. The predicted octanol–water partition coefficient (Wildman–Crippen LogP) is 2.01. The lowest BCUT2D eigenvalue weighted by molar-refractivity contribution is -0.113. The highest BCUT2D eigenvalue weighted by Crippen LogP contribution is 2.13. The SMILES string of the molecule is CC(C)C(=O)SCCCCCCn1c(=O)cc[nH]c1=O. The van der Waals surface area contributed by atoms with Crippen LogP contribution in [0.25, 0.3) is 0 Å². The number of carbonyl (C=O) groups excluding carboxylic acids is 1. The molecule has 0 unspecified atom stereocenters. The molecule has 1 aromatic rings. The van der Waals surface area contributed by atoms with Crippen molar-refractivity contribution in [3.8, 4) is 0 Å². The summed E-state index contributed by atoms with van der Waals surface area (Å²) in [5, 5.41) is 0.243. The fraction of sp³-hybridized carbons (Fsp3) is 0.643. The third kappa shape index (κ3) is 5.77. The molecule has 0 amide bonds. The van der Waals surface area contributed by atoms with Gasteiger partial charge in [0.2, 0.25) is 0 Å². The van der Waals surface area contributed by atoms with E-state index >= 15 is 0 Å². The maximum atomic E-state index is 11.4. The Balaban J connectivity index is 2.16. The van der Waals surface area contributed by atoms with Crippen molar-refractivity contribution in [1.82, 2.24) is 9.55 Å². The average Bonchev–Trinajstić information content (AvgIpc) is 2.40. The van der Waals surface area contributed by atoms with E-state index in [9.17, 15) is 14.4 Å². The maximum absolute atomic E-state index is 11.4. The second-order valence-corrected chi connectivity index (χ2v) is 6.11. The van der Waals surface area contributed by atoms with E-state index in [2.05, 4.69) is 4.98 Å². The Morgan fingerprint density at radius 2 is 1.95 bits per heavy atom. The molecule has 1 N–H and O–H groups in total. The summed E-state index contributed by atoms with van der Waals surface area (Å²) in [5.41, 5.74) is -0.609. The van der Waals surface area contributed by atoms with Crippen LogP contribution < -0.4 is 11.2 Å². The molecular formula is C14H22N2O3S. The van der Waals surface area contributed by atoms with Gasteiger partial charge in [-0.1, -0.05) is 38.5 Å². The van der Waals surface area contributed by atoms with Crippen molar-refractivity contribution in [2.75, 3.05) is 5.75 Å². The van der Waals surface area contributed by atoms with Crippen LogP contribution in [0.3, 0.4) is 0 Å². The number of thioether (sulfide) groups is 1. The summed E-state index contributed by atoms with van der Waals surface area (Å²) in [6.45, 7) is 4.27. The van der Waals surface area contributed by atoms with Gasteiger partial charge < -0.3 is 4.98 Å². The topological polar surface area (TPSA) is 71.9 Å². The van der Waals surface area contributed by atoms with Crippen LogP contribution in [0.5, 0.6) is 0 Å². The summed E-state index contributed by atoms with van der Waals surface area (Å²) < 4.78 is 1.22. The molecule has 0 radical (unpaired) electrons.